The Morgan fingerprint density at radius 3 is 1.05 bits per heavy atom. The van der Waals surface area contributed by atoms with Gasteiger partial charge in [-0.1, -0.05) is 126 Å². The molecule has 0 saturated heterocycles. The maximum absolute atomic E-state index is 12.8. The number of fused-ring (bicyclic) bond motifs is 28. The normalized spacial score (nSPS) is 15.0. The van der Waals surface area contributed by atoms with Crippen molar-refractivity contribution < 1.29 is 43.9 Å². The van der Waals surface area contributed by atoms with Crippen LogP contribution in [-0.2, 0) is 146 Å². The van der Waals surface area contributed by atoms with Gasteiger partial charge in [0.05, 0.1) is 85.6 Å². The molecule has 9 aromatic carbocycles. The number of hydrogen-bond donors (Lipinski definition) is 3. The first kappa shape index (κ1) is 96.1. The fraction of sp³-hybridized carbons (Fsp3) is 0.296. The van der Waals surface area contributed by atoms with E-state index in [1.54, 1.807) is 100.0 Å². The fourth-order valence-electron chi connectivity index (χ4n) is 21.1. The van der Waals surface area contributed by atoms with E-state index in [1.807, 2.05) is 119 Å². The smallest absolute Gasteiger partial charge is 0.352 e. The second-order valence-electron chi connectivity index (χ2n) is 36.4. The van der Waals surface area contributed by atoms with Gasteiger partial charge in [0.1, 0.15) is 46.1 Å². The lowest BCUT2D eigenvalue weighted by Crippen LogP contribution is -2.11. The number of carboxylic acids is 3. The van der Waals surface area contributed by atoms with Gasteiger partial charge in [-0.2, -0.15) is 35.9 Å². The second-order valence-corrected chi connectivity index (χ2v) is 43.7. The Bertz CT molecular complexity index is 8150. The number of ether oxygens (including phenoxy) is 3. The molecule has 3 N–H and O–H groups in total. The van der Waals surface area contributed by atoms with E-state index in [4.69, 9.17) is 79.6 Å². The first-order valence-corrected chi connectivity index (χ1v) is 54.9. The highest BCUT2D eigenvalue weighted by molar-refractivity contribution is 7.99. The summed E-state index contributed by atoms with van der Waals surface area (Å²) in [5, 5.41) is 81.8. The van der Waals surface area contributed by atoms with Crippen LogP contribution in [0.25, 0.3) is 98.4 Å². The SMILES string of the molecule is Cn1nc2cc1CSc1cc(c3ccccc3c1)OCCCc1c(C(=O)O)n(C)c3c(c(Cl)ccc13)-c1c(nn(C)c1C#N)CSC2.Cn1nc2cc1CSc1cc(c3ccccc3c1)OCCCc1c(C(=O)O)n(C)c3c(c(Cl)ccc13)-c1c(nn3c1CCC3)CSC2.Cn1nc2cc1CSc1cc(c3ccccc3c1)OCCCc1c(C(=O)O)n(C)c3c(c(Cl)ccc13)-c1c(nn3c1CCCC3)CSC2. The Labute approximate surface area is 859 Å². The molecule has 9 aromatic heterocycles. The number of halogens is 3. The lowest BCUT2D eigenvalue weighted by molar-refractivity contribution is 0.0675. The summed E-state index contributed by atoms with van der Waals surface area (Å²) in [6.07, 6.45) is 8.55. The number of aromatic carboxylic acids is 3. The van der Waals surface area contributed by atoms with Crippen LogP contribution in [0.4, 0.5) is 0 Å². The van der Waals surface area contributed by atoms with E-state index >= 15 is 0 Å². The van der Waals surface area contributed by atoms with Crippen molar-refractivity contribution in [3.63, 3.8) is 0 Å². The molecule has 34 heteroatoms. The number of aryl methyl sites for hydroxylation is 12. The molecular formula is C108H101Cl3N16O9S6. The molecule has 14 heterocycles. The maximum Gasteiger partial charge on any atom is 0.352 e. The van der Waals surface area contributed by atoms with Gasteiger partial charge in [-0.3, -0.25) is 28.1 Å². The second kappa shape index (κ2) is 41.0. The van der Waals surface area contributed by atoms with Crippen molar-refractivity contribution in [1.29, 1.82) is 5.26 Å². The van der Waals surface area contributed by atoms with E-state index in [1.165, 1.54) is 22.8 Å². The summed E-state index contributed by atoms with van der Waals surface area (Å²) in [5.41, 5.74) is 22.4. The van der Waals surface area contributed by atoms with Crippen LogP contribution < -0.4 is 14.2 Å². The maximum atomic E-state index is 12.8. The minimum absolute atomic E-state index is 0.193. The van der Waals surface area contributed by atoms with Crippen LogP contribution >= 0.6 is 105 Å². The lowest BCUT2D eigenvalue weighted by atomic mass is 9.95. The number of thioether (sulfide) groups is 6. The molecule has 18 aromatic rings. The Morgan fingerprint density at radius 2 is 0.690 bits per heavy atom. The Morgan fingerprint density at radius 1 is 0.352 bits per heavy atom. The molecule has 0 saturated carbocycles. The predicted octanol–water partition coefficient (Wildman–Crippen LogP) is 24.7. The van der Waals surface area contributed by atoms with E-state index in [0.717, 1.165) is 233 Å². The average molecular weight is 2070 g/mol. The monoisotopic (exact) mass is 2060 g/mol. The molecule has 24 bridgehead atoms. The molecule has 0 aliphatic carbocycles. The van der Waals surface area contributed by atoms with Gasteiger partial charge in [0.2, 0.25) is 0 Å². The standard InChI is InChI=1S/C37H36ClN5O3S2.C36H34ClN5O3S2.C35H31ClN6O3S2/c1-41-35-28-12-13-29(38)33(35)34-30(40-43-14-6-5-11-31(34)43)21-47-19-23-17-24(42(2)39-23)20-48-25-16-22-8-3-4-9-26(22)32(18-25)46-15-7-10-27(28)36(41)37(44)45;1-40-34-27-11-12-28(37)32(34)33-29(39-42-13-5-10-30(33)42)20-46-18-22-16-23(41(2)38-22)19-47-24-15-21-7-3-4-8-25(21)31(17-24)45-14-6-9-26(27)35(40)36(43)44;1-40-33-26-10-11-27(36)31(33)32-28(39-42(3)29(32)16-37)19-46-17-21-14-22(41(2)38-21)18-47-23-13-20-7-4-5-8-24(20)30(15-23)45-12-6-9-25(26)34(40)35(43)44/h3-4,8-9,12-13,16-18H,5-7,10-11,14-15,19-21H2,1-2H3,(H,44,45);3-4,7-8,11-12,15-17H,5-6,9-10,13-14,18-20H2,1-2H3,(H,43,44);4-5,7-8,10-11,13-15H,6,9,12,17-19H2,1-3H3,(H,43,44). The van der Waals surface area contributed by atoms with E-state index in [-0.39, 0.29) is 5.69 Å². The van der Waals surface area contributed by atoms with Crippen LogP contribution in [-0.4, -0.2) is 125 Å². The molecule has 0 amide bonds. The van der Waals surface area contributed by atoms with E-state index in [0.29, 0.717) is 141 Å². The number of nitrogens with zero attached hydrogens (tertiary/aromatic N) is 16. The summed E-state index contributed by atoms with van der Waals surface area (Å²) < 4.78 is 36.4. The zero-order chi connectivity index (χ0) is 98.0. The number of hydrogen-bond acceptors (Lipinski definition) is 19. The molecule has 5 aliphatic rings. The Balaban J connectivity index is 0.000000126. The van der Waals surface area contributed by atoms with Crippen LogP contribution in [0, 0.1) is 11.3 Å². The molecular weight excluding hydrogens is 1960 g/mol. The largest absolute Gasteiger partial charge is 0.493 e. The quantitative estimate of drug-likeness (QED) is 0.148. The minimum Gasteiger partial charge on any atom is -0.493 e. The van der Waals surface area contributed by atoms with Crippen molar-refractivity contribution in [2.75, 3.05) is 19.8 Å². The third-order valence-electron chi connectivity index (χ3n) is 27.5. The molecule has 0 atom stereocenters. The number of carboxylic acid groups (broad SMARTS) is 3. The molecule has 23 rings (SSSR count). The molecule has 0 radical (unpaired) electrons. The van der Waals surface area contributed by atoms with Crippen molar-refractivity contribution in [1.82, 2.24) is 72.4 Å². The molecule has 0 spiro atoms. The van der Waals surface area contributed by atoms with Crippen molar-refractivity contribution in [2.45, 2.75) is 150 Å². The highest BCUT2D eigenvalue weighted by Crippen LogP contribution is 2.50. The predicted molar refractivity (Wildman–Crippen MR) is 572 cm³/mol. The average Bonchev–Trinajstić information content (AvgIpc) is 1.58. The van der Waals surface area contributed by atoms with Crippen LogP contribution in [0.2, 0.25) is 15.1 Å². The molecule has 724 valence electrons. The number of aromatic nitrogens is 15. The minimum atomic E-state index is -1.02. The zero-order valence-electron chi connectivity index (χ0n) is 79.3. The van der Waals surface area contributed by atoms with Crippen molar-refractivity contribution >= 4 is 188 Å². The summed E-state index contributed by atoms with van der Waals surface area (Å²) in [4.78, 5) is 41.7. The van der Waals surface area contributed by atoms with Crippen LogP contribution in [0.1, 0.15) is 155 Å². The van der Waals surface area contributed by atoms with Crippen molar-refractivity contribution in [3.05, 3.63) is 281 Å². The van der Waals surface area contributed by atoms with E-state index in [9.17, 15) is 35.0 Å². The first-order valence-electron chi connectivity index (χ1n) is 47.4. The highest BCUT2D eigenvalue weighted by Gasteiger charge is 2.35. The third kappa shape index (κ3) is 18.6. The van der Waals surface area contributed by atoms with Crippen molar-refractivity contribution in [3.8, 4) is 56.7 Å². The van der Waals surface area contributed by atoms with E-state index in [2.05, 4.69) is 112 Å². The van der Waals surface area contributed by atoms with Crippen LogP contribution in [0.3, 0.4) is 0 Å². The third-order valence-corrected chi connectivity index (χ3v) is 34.4. The number of rotatable bonds is 3. The number of carbonyl (C=O) groups is 3. The number of nitriles is 1. The summed E-state index contributed by atoms with van der Waals surface area (Å²) >= 11 is 31.6. The van der Waals surface area contributed by atoms with Gasteiger partial charge in [0, 0.05) is 223 Å². The van der Waals surface area contributed by atoms with Gasteiger partial charge in [-0.05, 0) is 176 Å². The summed E-state index contributed by atoms with van der Waals surface area (Å²) in [6, 6.07) is 58.1. The van der Waals surface area contributed by atoms with Gasteiger partial charge in [-0.15, -0.1) is 70.6 Å². The fourth-order valence-corrected chi connectivity index (χ4v) is 27.3. The van der Waals surface area contributed by atoms with Gasteiger partial charge in [0.15, 0.2) is 0 Å². The lowest BCUT2D eigenvalue weighted by Gasteiger charge is -2.16. The number of benzene rings is 9. The highest BCUT2D eigenvalue weighted by atomic mass is 35.5. The van der Waals surface area contributed by atoms with Crippen LogP contribution in [0.5, 0.6) is 17.2 Å². The first-order chi connectivity index (χ1) is 69.0. The summed E-state index contributed by atoms with van der Waals surface area (Å²) in [5.74, 6) is 5.97. The topological polar surface area (TPSA) is 285 Å². The van der Waals surface area contributed by atoms with Crippen LogP contribution in [0.15, 0.2) is 178 Å². The van der Waals surface area contributed by atoms with Crippen molar-refractivity contribution in [2.24, 2.45) is 49.3 Å². The summed E-state index contributed by atoms with van der Waals surface area (Å²) in [6.45, 7) is 3.06. The zero-order valence-corrected chi connectivity index (χ0v) is 86.5. The molecule has 25 nitrogen and oxygen atoms in total. The van der Waals surface area contributed by atoms with Gasteiger partial charge in [0.25, 0.3) is 0 Å². The molecule has 0 unspecified atom stereocenters. The van der Waals surface area contributed by atoms with Gasteiger partial charge < -0.3 is 43.2 Å². The molecule has 142 heavy (non-hydrogen) atoms. The van der Waals surface area contributed by atoms with Gasteiger partial charge >= 0.3 is 17.9 Å². The van der Waals surface area contributed by atoms with Gasteiger partial charge in [-0.25, -0.2) is 14.4 Å². The molecule has 5 aliphatic heterocycles. The molecule has 0 fully saturated rings. The summed E-state index contributed by atoms with van der Waals surface area (Å²) in [7, 11) is 13.2. The Hall–Kier alpha value is -12.1. The van der Waals surface area contributed by atoms with E-state index < -0.39 is 17.9 Å². The Kier molecular flexibility index (Phi) is 27.7.